The minimum atomic E-state index is -0.779. The van der Waals surface area contributed by atoms with E-state index in [9.17, 15) is 9.90 Å². The van der Waals surface area contributed by atoms with Crippen LogP contribution < -0.4 is 0 Å². The fourth-order valence-electron chi connectivity index (χ4n) is 3.64. The summed E-state index contributed by atoms with van der Waals surface area (Å²) in [6.07, 6.45) is 3.12. The fraction of sp³-hybridized carbons (Fsp3) is 0.125. The van der Waals surface area contributed by atoms with Crippen LogP contribution in [0.3, 0.4) is 0 Å². The van der Waals surface area contributed by atoms with Crippen molar-refractivity contribution in [1.82, 2.24) is 4.98 Å². The number of aliphatic carboxylic acids is 1. The summed E-state index contributed by atoms with van der Waals surface area (Å²) in [6, 6.07) is 26.4. The molecule has 0 amide bonds. The largest absolute Gasteiger partial charge is 0.481 e. The predicted molar refractivity (Wildman–Crippen MR) is 109 cm³/mol. The Morgan fingerprint density at radius 2 is 1.63 bits per heavy atom. The van der Waals surface area contributed by atoms with Crippen LogP contribution in [0.2, 0.25) is 0 Å². The van der Waals surface area contributed by atoms with Gasteiger partial charge in [-0.25, -0.2) is 0 Å². The van der Waals surface area contributed by atoms with Crippen LogP contribution in [0.4, 0.5) is 0 Å². The van der Waals surface area contributed by atoms with Crippen molar-refractivity contribution >= 4 is 16.9 Å². The first-order chi connectivity index (χ1) is 13.2. The summed E-state index contributed by atoms with van der Waals surface area (Å²) in [6.45, 7) is 0. The maximum Gasteiger partial charge on any atom is 0.311 e. The van der Waals surface area contributed by atoms with E-state index < -0.39 is 11.9 Å². The number of aromatic amines is 1. The van der Waals surface area contributed by atoms with E-state index in [2.05, 4.69) is 35.3 Å². The lowest BCUT2D eigenvalue weighted by atomic mass is 9.91. The van der Waals surface area contributed by atoms with Crippen LogP contribution in [-0.4, -0.2) is 16.1 Å². The van der Waals surface area contributed by atoms with Crippen LogP contribution in [0.5, 0.6) is 0 Å². The first-order valence-corrected chi connectivity index (χ1v) is 9.15. The van der Waals surface area contributed by atoms with Gasteiger partial charge in [0.15, 0.2) is 0 Å². The Bertz CT molecular complexity index is 1070. The average molecular weight is 355 g/mol. The number of hydrogen-bond donors (Lipinski definition) is 2. The van der Waals surface area contributed by atoms with Crippen LogP contribution >= 0.6 is 0 Å². The second-order valence-corrected chi connectivity index (χ2v) is 6.79. The standard InChI is InChI=1S/C24H21NO2/c26-24(27)21(22-16-25-23-12-5-4-11-20(22)23)14-13-17-7-6-10-19(15-17)18-8-2-1-3-9-18/h1-12,15-16,21,25H,13-14H2,(H,26,27). The van der Waals surface area contributed by atoms with Gasteiger partial charge in [-0.2, -0.15) is 0 Å². The second-order valence-electron chi connectivity index (χ2n) is 6.79. The van der Waals surface area contributed by atoms with Gasteiger partial charge in [-0.3, -0.25) is 4.79 Å². The maximum atomic E-state index is 11.9. The van der Waals surface area contributed by atoms with Gasteiger partial charge in [0, 0.05) is 17.1 Å². The first kappa shape index (κ1) is 17.1. The Morgan fingerprint density at radius 3 is 2.44 bits per heavy atom. The molecule has 1 unspecified atom stereocenters. The highest BCUT2D eigenvalue weighted by atomic mass is 16.4. The van der Waals surface area contributed by atoms with Crippen molar-refractivity contribution in [3.8, 4) is 11.1 Å². The molecule has 3 aromatic carbocycles. The van der Waals surface area contributed by atoms with Gasteiger partial charge < -0.3 is 10.1 Å². The molecule has 0 bridgehead atoms. The van der Waals surface area contributed by atoms with Gasteiger partial charge in [0.25, 0.3) is 0 Å². The number of fused-ring (bicyclic) bond motifs is 1. The molecule has 134 valence electrons. The zero-order chi connectivity index (χ0) is 18.6. The van der Waals surface area contributed by atoms with E-state index in [-0.39, 0.29) is 0 Å². The third-order valence-electron chi connectivity index (χ3n) is 5.05. The Balaban J connectivity index is 1.57. The van der Waals surface area contributed by atoms with Crippen LogP contribution in [0.1, 0.15) is 23.5 Å². The number of hydrogen-bond acceptors (Lipinski definition) is 1. The Morgan fingerprint density at radius 1 is 0.889 bits per heavy atom. The molecule has 27 heavy (non-hydrogen) atoms. The van der Waals surface area contributed by atoms with Crippen molar-refractivity contribution in [2.75, 3.05) is 0 Å². The molecule has 0 aliphatic rings. The molecule has 0 aliphatic heterocycles. The lowest BCUT2D eigenvalue weighted by molar-refractivity contribution is -0.138. The number of carboxylic acids is 1. The highest BCUT2D eigenvalue weighted by Crippen LogP contribution is 2.30. The van der Waals surface area contributed by atoms with E-state index in [0.29, 0.717) is 6.42 Å². The predicted octanol–water partition coefficient (Wildman–Crippen LogP) is 5.64. The van der Waals surface area contributed by atoms with E-state index in [1.807, 2.05) is 54.7 Å². The Hall–Kier alpha value is -3.33. The molecular formula is C24H21NO2. The second kappa shape index (κ2) is 7.50. The van der Waals surface area contributed by atoms with Crippen molar-refractivity contribution in [1.29, 1.82) is 0 Å². The van der Waals surface area contributed by atoms with Crippen LogP contribution in [0.25, 0.3) is 22.0 Å². The number of nitrogens with one attached hydrogen (secondary N) is 1. The number of aromatic nitrogens is 1. The lowest BCUT2D eigenvalue weighted by Crippen LogP contribution is -2.12. The van der Waals surface area contributed by atoms with Gasteiger partial charge >= 0.3 is 5.97 Å². The number of rotatable bonds is 6. The average Bonchev–Trinajstić information content (AvgIpc) is 3.13. The molecule has 1 heterocycles. The zero-order valence-corrected chi connectivity index (χ0v) is 14.9. The smallest absolute Gasteiger partial charge is 0.311 e. The van der Waals surface area contributed by atoms with Crippen LogP contribution in [0.15, 0.2) is 85.1 Å². The number of para-hydroxylation sites is 1. The molecule has 4 aromatic rings. The maximum absolute atomic E-state index is 11.9. The van der Waals surface area contributed by atoms with E-state index in [4.69, 9.17) is 0 Å². The summed E-state index contributed by atoms with van der Waals surface area (Å²) >= 11 is 0. The molecular weight excluding hydrogens is 334 g/mol. The van der Waals surface area contributed by atoms with Gasteiger partial charge in [0.05, 0.1) is 5.92 Å². The molecule has 1 aromatic heterocycles. The molecule has 0 aliphatic carbocycles. The van der Waals surface area contributed by atoms with Gasteiger partial charge in [-0.1, -0.05) is 72.8 Å². The van der Waals surface area contributed by atoms with Gasteiger partial charge in [0.2, 0.25) is 0 Å². The van der Waals surface area contributed by atoms with E-state index in [0.717, 1.165) is 34.0 Å². The van der Waals surface area contributed by atoms with Gasteiger partial charge in [-0.15, -0.1) is 0 Å². The van der Waals surface area contributed by atoms with Gasteiger partial charge in [-0.05, 0) is 41.2 Å². The molecule has 0 fully saturated rings. The number of carboxylic acid groups (broad SMARTS) is 1. The number of carbonyl (C=O) groups is 1. The summed E-state index contributed by atoms with van der Waals surface area (Å²) in [5.41, 5.74) is 5.32. The molecule has 3 heteroatoms. The van der Waals surface area contributed by atoms with E-state index in [1.54, 1.807) is 0 Å². The van der Waals surface area contributed by atoms with Crippen LogP contribution in [-0.2, 0) is 11.2 Å². The first-order valence-electron chi connectivity index (χ1n) is 9.15. The zero-order valence-electron chi connectivity index (χ0n) is 14.9. The lowest BCUT2D eigenvalue weighted by Gasteiger charge is -2.12. The molecule has 2 N–H and O–H groups in total. The quantitative estimate of drug-likeness (QED) is 0.470. The molecule has 0 saturated carbocycles. The Labute approximate surface area is 158 Å². The van der Waals surface area contributed by atoms with Crippen LogP contribution in [0, 0.1) is 0 Å². The summed E-state index contributed by atoms with van der Waals surface area (Å²) in [4.78, 5) is 15.1. The molecule has 3 nitrogen and oxygen atoms in total. The molecule has 0 saturated heterocycles. The van der Waals surface area contributed by atoms with Crippen molar-refractivity contribution in [2.45, 2.75) is 18.8 Å². The van der Waals surface area contributed by atoms with E-state index in [1.165, 1.54) is 5.56 Å². The minimum Gasteiger partial charge on any atom is -0.481 e. The molecule has 1 atom stereocenters. The van der Waals surface area contributed by atoms with Crippen molar-refractivity contribution in [2.24, 2.45) is 0 Å². The third kappa shape index (κ3) is 3.63. The van der Waals surface area contributed by atoms with Crippen molar-refractivity contribution in [3.05, 3.63) is 96.2 Å². The fourth-order valence-corrected chi connectivity index (χ4v) is 3.64. The molecule has 0 radical (unpaired) electrons. The van der Waals surface area contributed by atoms with Crippen molar-refractivity contribution in [3.63, 3.8) is 0 Å². The Kier molecular flexibility index (Phi) is 4.75. The SMILES string of the molecule is O=C(O)C(CCc1cccc(-c2ccccc2)c1)c1c[nH]c2ccccc12. The number of aryl methyl sites for hydroxylation is 1. The van der Waals surface area contributed by atoms with Crippen molar-refractivity contribution < 1.29 is 9.90 Å². The van der Waals surface area contributed by atoms with Gasteiger partial charge in [0.1, 0.15) is 0 Å². The summed E-state index contributed by atoms with van der Waals surface area (Å²) in [5, 5.41) is 10.8. The topological polar surface area (TPSA) is 53.1 Å². The monoisotopic (exact) mass is 355 g/mol. The molecule has 0 spiro atoms. The number of H-pyrrole nitrogens is 1. The summed E-state index contributed by atoms with van der Waals surface area (Å²) < 4.78 is 0. The highest BCUT2D eigenvalue weighted by Gasteiger charge is 2.22. The third-order valence-corrected chi connectivity index (χ3v) is 5.05. The molecule has 4 rings (SSSR count). The van der Waals surface area contributed by atoms with E-state index >= 15 is 0 Å². The summed E-state index contributed by atoms with van der Waals surface area (Å²) in [5.74, 6) is -1.31. The minimum absolute atomic E-state index is 0.526. The summed E-state index contributed by atoms with van der Waals surface area (Å²) in [7, 11) is 0. The normalized spacial score (nSPS) is 12.1. The number of benzene rings is 3. The highest BCUT2D eigenvalue weighted by molar-refractivity contribution is 5.89.